The van der Waals surface area contributed by atoms with Crippen molar-refractivity contribution in [3.05, 3.63) is 40.8 Å². The first-order valence-corrected chi connectivity index (χ1v) is 11.1. The second-order valence-corrected chi connectivity index (χ2v) is 8.79. The molecular weight excluding hydrogens is 332 g/mol. The van der Waals surface area contributed by atoms with Crippen LogP contribution in [0.15, 0.2) is 40.1 Å². The van der Waals surface area contributed by atoms with E-state index >= 15 is 0 Å². The highest BCUT2D eigenvalue weighted by Gasteiger charge is 2.27. The molecule has 1 aromatic rings. The second kappa shape index (κ2) is 10.8. The number of benzene rings is 1. The Labute approximate surface area is 154 Å². The summed E-state index contributed by atoms with van der Waals surface area (Å²) >= 11 is 0. The zero-order valence-corrected chi connectivity index (χ0v) is 17.0. The summed E-state index contributed by atoms with van der Waals surface area (Å²) in [7, 11) is -3.58. The number of sulfone groups is 1. The summed E-state index contributed by atoms with van der Waals surface area (Å²) in [4.78, 5) is 0.720. The van der Waals surface area contributed by atoms with Gasteiger partial charge in [-0.3, -0.25) is 0 Å². The van der Waals surface area contributed by atoms with E-state index in [1.54, 1.807) is 18.2 Å². The molecule has 142 valence electrons. The van der Waals surface area contributed by atoms with E-state index in [0.717, 1.165) is 44.1 Å². The van der Waals surface area contributed by atoms with Crippen molar-refractivity contribution >= 4 is 9.84 Å². The van der Waals surface area contributed by atoms with E-state index in [0.29, 0.717) is 16.2 Å². The molecule has 0 saturated heterocycles. The molecule has 0 radical (unpaired) electrons. The van der Waals surface area contributed by atoms with Crippen molar-refractivity contribution in [1.82, 2.24) is 0 Å². The number of rotatable bonds is 11. The molecule has 2 atom stereocenters. The Hall–Kier alpha value is -1.13. The number of aliphatic hydroxyl groups is 1. The van der Waals surface area contributed by atoms with Gasteiger partial charge < -0.3 is 5.11 Å². The SMILES string of the molecule is CCCC[C@@H](CC)/C(=C/[C@H](O)CCCC)S(=O)(=O)c1ccc(C)cc1. The van der Waals surface area contributed by atoms with Crippen LogP contribution >= 0.6 is 0 Å². The van der Waals surface area contributed by atoms with Gasteiger partial charge in [-0.1, -0.05) is 64.2 Å². The van der Waals surface area contributed by atoms with E-state index in [-0.39, 0.29) is 5.92 Å². The molecule has 4 heteroatoms. The minimum absolute atomic E-state index is 0.0393. The lowest BCUT2D eigenvalue weighted by Gasteiger charge is -2.21. The Morgan fingerprint density at radius 3 is 2.12 bits per heavy atom. The molecule has 25 heavy (non-hydrogen) atoms. The lowest BCUT2D eigenvalue weighted by atomic mass is 9.97. The van der Waals surface area contributed by atoms with Gasteiger partial charge in [0.1, 0.15) is 0 Å². The molecule has 1 aromatic carbocycles. The van der Waals surface area contributed by atoms with Crippen LogP contribution in [-0.2, 0) is 9.84 Å². The number of unbranched alkanes of at least 4 members (excludes halogenated alkanes) is 2. The van der Waals surface area contributed by atoms with E-state index in [2.05, 4.69) is 13.8 Å². The van der Waals surface area contributed by atoms with Gasteiger partial charge in [0.05, 0.1) is 15.9 Å². The predicted molar refractivity (Wildman–Crippen MR) is 105 cm³/mol. The molecule has 0 spiro atoms. The Balaban J connectivity index is 3.27. The standard InChI is InChI=1S/C21H34O3S/c1-5-8-10-18(7-3)21(16-19(22)11-9-6-2)25(23,24)20-14-12-17(4)13-15-20/h12-16,18-19,22H,5-11H2,1-4H3/b21-16-/t18-,19-/m1/s1. The lowest BCUT2D eigenvalue weighted by molar-refractivity contribution is 0.207. The zero-order chi connectivity index (χ0) is 18.9. The molecule has 0 aromatic heterocycles. The monoisotopic (exact) mass is 366 g/mol. The number of hydrogen-bond acceptors (Lipinski definition) is 3. The largest absolute Gasteiger partial charge is 0.389 e. The van der Waals surface area contributed by atoms with E-state index in [1.807, 2.05) is 26.0 Å². The minimum Gasteiger partial charge on any atom is -0.389 e. The molecule has 0 unspecified atom stereocenters. The van der Waals surface area contributed by atoms with E-state index < -0.39 is 15.9 Å². The Morgan fingerprint density at radius 2 is 1.60 bits per heavy atom. The van der Waals surface area contributed by atoms with E-state index in [9.17, 15) is 13.5 Å². The van der Waals surface area contributed by atoms with Gasteiger partial charge in [0, 0.05) is 0 Å². The second-order valence-electron chi connectivity index (χ2n) is 6.84. The van der Waals surface area contributed by atoms with Gasteiger partial charge in [0.15, 0.2) is 0 Å². The summed E-state index contributed by atoms with van der Waals surface area (Å²) in [6.45, 7) is 8.15. The zero-order valence-electron chi connectivity index (χ0n) is 16.2. The molecule has 0 saturated carbocycles. The summed E-state index contributed by atoms with van der Waals surface area (Å²) < 4.78 is 26.5. The maximum absolute atomic E-state index is 13.2. The number of allylic oxidation sites excluding steroid dienone is 1. The highest BCUT2D eigenvalue weighted by Crippen LogP contribution is 2.32. The highest BCUT2D eigenvalue weighted by atomic mass is 32.2. The first kappa shape index (κ1) is 21.9. The maximum atomic E-state index is 13.2. The topological polar surface area (TPSA) is 54.4 Å². The summed E-state index contributed by atoms with van der Waals surface area (Å²) in [5.74, 6) is -0.0393. The maximum Gasteiger partial charge on any atom is 0.202 e. The molecule has 1 N–H and O–H groups in total. The third kappa shape index (κ3) is 6.59. The smallest absolute Gasteiger partial charge is 0.202 e. The van der Waals surface area contributed by atoms with Crippen molar-refractivity contribution < 1.29 is 13.5 Å². The van der Waals surface area contributed by atoms with Gasteiger partial charge >= 0.3 is 0 Å². The van der Waals surface area contributed by atoms with Gasteiger partial charge in [-0.05, 0) is 50.3 Å². The fourth-order valence-electron chi connectivity index (χ4n) is 2.98. The van der Waals surface area contributed by atoms with Gasteiger partial charge in [0.25, 0.3) is 0 Å². The van der Waals surface area contributed by atoms with Crippen molar-refractivity contribution in [2.75, 3.05) is 0 Å². The third-order valence-electron chi connectivity index (χ3n) is 4.65. The fourth-order valence-corrected chi connectivity index (χ4v) is 4.81. The quantitative estimate of drug-likeness (QED) is 0.569. The Bertz CT molecular complexity index is 630. The summed E-state index contributed by atoms with van der Waals surface area (Å²) in [6.07, 6.45) is 7.01. The van der Waals surface area contributed by atoms with E-state index in [4.69, 9.17) is 0 Å². The van der Waals surface area contributed by atoms with Crippen molar-refractivity contribution in [1.29, 1.82) is 0 Å². The Morgan fingerprint density at radius 1 is 1.04 bits per heavy atom. The van der Waals surface area contributed by atoms with Crippen molar-refractivity contribution in [2.45, 2.75) is 83.6 Å². The van der Waals surface area contributed by atoms with Crippen LogP contribution in [0.5, 0.6) is 0 Å². The van der Waals surface area contributed by atoms with Crippen LogP contribution in [0.2, 0.25) is 0 Å². The predicted octanol–water partition coefficient (Wildman–Crippen LogP) is 5.42. The molecule has 3 nitrogen and oxygen atoms in total. The minimum atomic E-state index is -3.58. The van der Waals surface area contributed by atoms with Crippen LogP contribution in [-0.4, -0.2) is 19.6 Å². The lowest BCUT2D eigenvalue weighted by Crippen LogP contribution is -2.17. The number of aliphatic hydroxyl groups excluding tert-OH is 1. The summed E-state index contributed by atoms with van der Waals surface area (Å²) in [5, 5.41) is 10.3. The van der Waals surface area contributed by atoms with Crippen LogP contribution in [0.3, 0.4) is 0 Å². The van der Waals surface area contributed by atoms with Crippen molar-refractivity contribution in [2.24, 2.45) is 5.92 Å². The fraction of sp³-hybridized carbons (Fsp3) is 0.619. The molecule has 0 fully saturated rings. The first-order chi connectivity index (χ1) is 11.9. The van der Waals surface area contributed by atoms with Gasteiger partial charge in [0.2, 0.25) is 9.84 Å². The Kier molecular flexibility index (Phi) is 9.44. The molecule has 0 aliphatic carbocycles. The number of hydrogen-bond donors (Lipinski definition) is 1. The van der Waals surface area contributed by atoms with E-state index in [1.165, 1.54) is 0 Å². The molecule has 0 aliphatic rings. The van der Waals surface area contributed by atoms with Gasteiger partial charge in [-0.2, -0.15) is 0 Å². The normalized spacial score (nSPS) is 15.2. The summed E-state index contributed by atoms with van der Waals surface area (Å²) in [5.41, 5.74) is 1.03. The van der Waals surface area contributed by atoms with Crippen LogP contribution < -0.4 is 0 Å². The average molecular weight is 367 g/mol. The van der Waals surface area contributed by atoms with Crippen LogP contribution in [0.25, 0.3) is 0 Å². The molecule has 0 heterocycles. The molecule has 0 bridgehead atoms. The van der Waals surface area contributed by atoms with Gasteiger partial charge in [-0.25, -0.2) is 8.42 Å². The van der Waals surface area contributed by atoms with Crippen molar-refractivity contribution in [3.63, 3.8) is 0 Å². The van der Waals surface area contributed by atoms with Crippen LogP contribution in [0.1, 0.15) is 71.3 Å². The highest BCUT2D eigenvalue weighted by molar-refractivity contribution is 7.95. The number of aryl methyl sites for hydroxylation is 1. The molecule has 0 aliphatic heterocycles. The van der Waals surface area contributed by atoms with Gasteiger partial charge in [-0.15, -0.1) is 0 Å². The van der Waals surface area contributed by atoms with Crippen LogP contribution in [0.4, 0.5) is 0 Å². The average Bonchev–Trinajstić information content (AvgIpc) is 2.59. The van der Waals surface area contributed by atoms with Crippen LogP contribution in [0, 0.1) is 12.8 Å². The first-order valence-electron chi connectivity index (χ1n) is 9.58. The third-order valence-corrected chi connectivity index (χ3v) is 6.64. The molecule has 1 rings (SSSR count). The van der Waals surface area contributed by atoms with Crippen molar-refractivity contribution in [3.8, 4) is 0 Å². The summed E-state index contributed by atoms with van der Waals surface area (Å²) in [6, 6.07) is 6.99. The molecular formula is C21H34O3S. The molecule has 0 amide bonds.